The van der Waals surface area contributed by atoms with Crippen LogP contribution in [0.1, 0.15) is 10.4 Å². The predicted molar refractivity (Wildman–Crippen MR) is 92.4 cm³/mol. The average Bonchev–Trinajstić information content (AvgIpc) is 3.30. The van der Waals surface area contributed by atoms with E-state index in [1.807, 2.05) is 29.8 Å². The second-order valence-corrected chi connectivity index (χ2v) is 7.53. The Hall–Kier alpha value is -1.76. The Morgan fingerprint density at radius 1 is 1.38 bits per heavy atom. The number of carbonyl (C=O) groups excluding carboxylic acids is 1. The monoisotopic (exact) mass is 343 g/mol. The highest BCUT2D eigenvalue weighted by atomic mass is 32.1. The molecule has 2 aliphatic heterocycles. The van der Waals surface area contributed by atoms with E-state index in [0.717, 1.165) is 19.6 Å². The Morgan fingerprint density at radius 2 is 2.33 bits per heavy atom. The average molecular weight is 343 g/mol. The first kappa shape index (κ1) is 15.7. The number of amides is 1. The van der Waals surface area contributed by atoms with Gasteiger partial charge >= 0.3 is 0 Å². The molecule has 0 unspecified atom stereocenters. The number of aromatic nitrogens is 1. The van der Waals surface area contributed by atoms with Crippen molar-refractivity contribution >= 4 is 17.2 Å². The Morgan fingerprint density at radius 3 is 3.12 bits per heavy atom. The van der Waals surface area contributed by atoms with Crippen LogP contribution in [0.2, 0.25) is 0 Å². The summed E-state index contributed by atoms with van der Waals surface area (Å²) in [5.41, 5.74) is 1.20. The zero-order chi connectivity index (χ0) is 16.4. The summed E-state index contributed by atoms with van der Waals surface area (Å²) in [6, 6.07) is 8.11. The van der Waals surface area contributed by atoms with Gasteiger partial charge in [-0.15, -0.1) is 11.3 Å². The standard InChI is InChI=1S/C18H21N3O2S/c22-18(20-8-14-4-2-6-24-14)16-12-23-17-11-21(10-15(16)17)9-13-3-1-5-19-7-13/h1-7,15-17H,8-12H2,(H,20,22)/t15-,16+,17-/m0/s1. The van der Waals surface area contributed by atoms with Gasteiger partial charge < -0.3 is 10.1 Å². The number of hydrogen-bond acceptors (Lipinski definition) is 5. The number of nitrogens with zero attached hydrogens (tertiary/aromatic N) is 2. The van der Waals surface area contributed by atoms with Gasteiger partial charge in [-0.3, -0.25) is 14.7 Å². The fourth-order valence-corrected chi connectivity index (χ4v) is 4.31. The number of pyridine rings is 1. The molecule has 1 N–H and O–H groups in total. The molecule has 2 fully saturated rings. The first-order valence-corrected chi connectivity index (χ1v) is 9.20. The molecule has 126 valence electrons. The van der Waals surface area contributed by atoms with Crippen molar-refractivity contribution in [3.63, 3.8) is 0 Å². The lowest BCUT2D eigenvalue weighted by Gasteiger charge is -2.19. The molecule has 2 aromatic heterocycles. The molecule has 4 heterocycles. The van der Waals surface area contributed by atoms with Crippen LogP contribution >= 0.6 is 11.3 Å². The van der Waals surface area contributed by atoms with E-state index in [9.17, 15) is 4.79 Å². The van der Waals surface area contributed by atoms with Crippen molar-refractivity contribution in [2.75, 3.05) is 19.7 Å². The van der Waals surface area contributed by atoms with Gasteiger partial charge in [0.05, 0.1) is 25.2 Å². The van der Waals surface area contributed by atoms with Crippen LogP contribution < -0.4 is 5.32 Å². The topological polar surface area (TPSA) is 54.5 Å². The molecule has 2 aromatic rings. The highest BCUT2D eigenvalue weighted by Crippen LogP contribution is 2.34. The molecule has 0 bridgehead atoms. The minimum absolute atomic E-state index is 0.0335. The SMILES string of the molecule is O=C(NCc1cccs1)[C@@H]1CO[C@H]2CN(Cc3cccnc3)C[C@H]21. The van der Waals surface area contributed by atoms with E-state index in [1.54, 1.807) is 17.5 Å². The fourth-order valence-electron chi connectivity index (χ4n) is 3.66. The summed E-state index contributed by atoms with van der Waals surface area (Å²) in [7, 11) is 0. The Bertz CT molecular complexity index is 677. The van der Waals surface area contributed by atoms with Crippen LogP contribution in [0.15, 0.2) is 42.0 Å². The van der Waals surface area contributed by atoms with Crippen LogP contribution in [0.5, 0.6) is 0 Å². The normalized spacial score (nSPS) is 26.4. The molecule has 0 aliphatic carbocycles. The maximum Gasteiger partial charge on any atom is 0.226 e. The lowest BCUT2D eigenvalue weighted by atomic mass is 9.92. The number of hydrogen-bond donors (Lipinski definition) is 1. The molecule has 6 heteroatoms. The van der Waals surface area contributed by atoms with Crippen molar-refractivity contribution in [2.24, 2.45) is 11.8 Å². The van der Waals surface area contributed by atoms with Crippen LogP contribution in [0.4, 0.5) is 0 Å². The number of carbonyl (C=O) groups is 1. The highest BCUT2D eigenvalue weighted by molar-refractivity contribution is 7.09. The third kappa shape index (κ3) is 3.36. The molecule has 0 radical (unpaired) electrons. The van der Waals surface area contributed by atoms with Gasteiger partial charge in [0, 0.05) is 42.8 Å². The maximum atomic E-state index is 12.5. The molecule has 4 rings (SSSR count). The Kier molecular flexibility index (Phi) is 4.60. The molecule has 0 aromatic carbocycles. The second-order valence-electron chi connectivity index (χ2n) is 6.49. The van der Waals surface area contributed by atoms with Crippen LogP contribution in [0, 0.1) is 11.8 Å². The molecular weight excluding hydrogens is 322 g/mol. The van der Waals surface area contributed by atoms with Crippen LogP contribution in [0.3, 0.4) is 0 Å². The van der Waals surface area contributed by atoms with Gasteiger partial charge in [0.15, 0.2) is 0 Å². The number of rotatable bonds is 5. The Labute approximate surface area is 145 Å². The minimum Gasteiger partial charge on any atom is -0.376 e. The van der Waals surface area contributed by atoms with Crippen molar-refractivity contribution in [3.8, 4) is 0 Å². The third-order valence-corrected chi connectivity index (χ3v) is 5.75. The zero-order valence-corrected chi connectivity index (χ0v) is 14.2. The van der Waals surface area contributed by atoms with E-state index in [4.69, 9.17) is 4.74 Å². The molecule has 3 atom stereocenters. The molecule has 2 aliphatic rings. The van der Waals surface area contributed by atoms with E-state index < -0.39 is 0 Å². The summed E-state index contributed by atoms with van der Waals surface area (Å²) in [4.78, 5) is 20.3. The van der Waals surface area contributed by atoms with Gasteiger partial charge in [-0.2, -0.15) is 0 Å². The van der Waals surface area contributed by atoms with Crippen molar-refractivity contribution in [1.82, 2.24) is 15.2 Å². The summed E-state index contributed by atoms with van der Waals surface area (Å²) in [6.45, 7) is 3.84. The molecule has 0 saturated carbocycles. The molecule has 5 nitrogen and oxygen atoms in total. The molecule has 2 saturated heterocycles. The quantitative estimate of drug-likeness (QED) is 0.901. The summed E-state index contributed by atoms with van der Waals surface area (Å²) >= 11 is 1.67. The van der Waals surface area contributed by atoms with E-state index in [1.165, 1.54) is 10.4 Å². The lowest BCUT2D eigenvalue weighted by Crippen LogP contribution is -2.36. The Balaban J connectivity index is 1.33. The number of nitrogens with one attached hydrogen (secondary N) is 1. The predicted octanol–water partition coefficient (Wildman–Crippen LogP) is 1.91. The van der Waals surface area contributed by atoms with Crippen molar-refractivity contribution in [3.05, 3.63) is 52.5 Å². The van der Waals surface area contributed by atoms with E-state index in [0.29, 0.717) is 19.1 Å². The first-order valence-electron chi connectivity index (χ1n) is 8.32. The third-order valence-electron chi connectivity index (χ3n) is 4.87. The number of ether oxygens (including phenoxy) is 1. The van der Waals surface area contributed by atoms with Crippen molar-refractivity contribution in [1.29, 1.82) is 0 Å². The first-order chi connectivity index (χ1) is 11.8. The highest BCUT2D eigenvalue weighted by Gasteiger charge is 2.46. The van der Waals surface area contributed by atoms with Crippen LogP contribution in [-0.4, -0.2) is 41.6 Å². The van der Waals surface area contributed by atoms with E-state index in [2.05, 4.69) is 21.3 Å². The minimum atomic E-state index is -0.0335. The smallest absolute Gasteiger partial charge is 0.226 e. The van der Waals surface area contributed by atoms with Gasteiger partial charge in [-0.25, -0.2) is 0 Å². The zero-order valence-electron chi connectivity index (χ0n) is 13.4. The summed E-state index contributed by atoms with van der Waals surface area (Å²) in [6.07, 6.45) is 3.87. The fraction of sp³-hybridized carbons (Fsp3) is 0.444. The van der Waals surface area contributed by atoms with Crippen molar-refractivity contribution < 1.29 is 9.53 Å². The number of likely N-dealkylation sites (tertiary alicyclic amines) is 1. The van der Waals surface area contributed by atoms with Gasteiger partial charge in [0.1, 0.15) is 0 Å². The number of thiophene rings is 1. The van der Waals surface area contributed by atoms with Gasteiger partial charge in [0.25, 0.3) is 0 Å². The van der Waals surface area contributed by atoms with Gasteiger partial charge in [-0.1, -0.05) is 12.1 Å². The van der Waals surface area contributed by atoms with Crippen molar-refractivity contribution in [2.45, 2.75) is 19.2 Å². The number of fused-ring (bicyclic) bond motifs is 1. The van der Waals surface area contributed by atoms with Crippen LogP contribution in [-0.2, 0) is 22.6 Å². The molecule has 0 spiro atoms. The molecule has 24 heavy (non-hydrogen) atoms. The van der Waals surface area contributed by atoms with Gasteiger partial charge in [0.2, 0.25) is 5.91 Å². The van der Waals surface area contributed by atoms with Crippen LogP contribution in [0.25, 0.3) is 0 Å². The maximum absolute atomic E-state index is 12.5. The molecule has 1 amide bonds. The largest absolute Gasteiger partial charge is 0.376 e. The second kappa shape index (κ2) is 7.01. The summed E-state index contributed by atoms with van der Waals surface area (Å²) < 4.78 is 5.90. The van der Waals surface area contributed by atoms with E-state index in [-0.39, 0.29) is 17.9 Å². The summed E-state index contributed by atoms with van der Waals surface area (Å²) in [5, 5.41) is 5.10. The summed E-state index contributed by atoms with van der Waals surface area (Å²) in [5.74, 6) is 0.387. The van der Waals surface area contributed by atoms with E-state index >= 15 is 0 Å². The van der Waals surface area contributed by atoms with Gasteiger partial charge in [-0.05, 0) is 23.1 Å². The lowest BCUT2D eigenvalue weighted by molar-refractivity contribution is -0.126. The molecular formula is C18H21N3O2S.